The van der Waals surface area contributed by atoms with Crippen molar-refractivity contribution < 1.29 is 9.15 Å². The Bertz CT molecular complexity index is 315. The predicted molar refractivity (Wildman–Crippen MR) is 63.2 cm³/mol. The van der Waals surface area contributed by atoms with Crippen LogP contribution in [0.4, 0.5) is 0 Å². The van der Waals surface area contributed by atoms with E-state index in [2.05, 4.69) is 6.92 Å². The molecule has 0 aliphatic carbocycles. The molecule has 0 spiro atoms. The van der Waals surface area contributed by atoms with Crippen LogP contribution in [0.1, 0.15) is 50.0 Å². The van der Waals surface area contributed by atoms with Crippen LogP contribution >= 0.6 is 0 Å². The fourth-order valence-corrected chi connectivity index (χ4v) is 2.36. The summed E-state index contributed by atoms with van der Waals surface area (Å²) >= 11 is 0. The van der Waals surface area contributed by atoms with Gasteiger partial charge in [-0.1, -0.05) is 6.92 Å². The van der Waals surface area contributed by atoms with Crippen LogP contribution in [0.2, 0.25) is 0 Å². The van der Waals surface area contributed by atoms with Gasteiger partial charge in [0, 0.05) is 24.6 Å². The van der Waals surface area contributed by atoms with E-state index in [9.17, 15) is 0 Å². The number of ether oxygens (including phenoxy) is 1. The highest BCUT2D eigenvalue weighted by molar-refractivity contribution is 5.20. The number of furan rings is 1. The molecule has 1 fully saturated rings. The number of rotatable bonds is 5. The van der Waals surface area contributed by atoms with Gasteiger partial charge < -0.3 is 14.9 Å². The number of aryl methyl sites for hydroxylation is 1. The summed E-state index contributed by atoms with van der Waals surface area (Å²) in [5, 5.41) is 0. The SMILES string of the molecule is CCc1occc1C(N)CCC1CCCO1. The molecule has 1 aromatic rings. The normalized spacial score (nSPS) is 22.5. The van der Waals surface area contributed by atoms with Crippen molar-refractivity contribution in [2.75, 3.05) is 6.61 Å². The summed E-state index contributed by atoms with van der Waals surface area (Å²) < 4.78 is 11.0. The maximum absolute atomic E-state index is 6.18. The van der Waals surface area contributed by atoms with Crippen LogP contribution in [0, 0.1) is 0 Å². The molecule has 1 aromatic heterocycles. The lowest BCUT2D eigenvalue weighted by Crippen LogP contribution is -2.15. The molecule has 2 atom stereocenters. The molecule has 0 amide bonds. The van der Waals surface area contributed by atoms with Crippen LogP contribution in [0.25, 0.3) is 0 Å². The van der Waals surface area contributed by atoms with Crippen molar-refractivity contribution in [3.8, 4) is 0 Å². The van der Waals surface area contributed by atoms with Crippen LogP contribution in [-0.4, -0.2) is 12.7 Å². The molecule has 0 radical (unpaired) electrons. The van der Waals surface area contributed by atoms with Crippen LogP contribution < -0.4 is 5.73 Å². The molecule has 3 nitrogen and oxygen atoms in total. The fraction of sp³-hybridized carbons (Fsp3) is 0.692. The van der Waals surface area contributed by atoms with Gasteiger partial charge in [0.2, 0.25) is 0 Å². The molecule has 16 heavy (non-hydrogen) atoms. The Morgan fingerprint density at radius 1 is 1.56 bits per heavy atom. The largest absolute Gasteiger partial charge is 0.469 e. The molecule has 0 aromatic carbocycles. The zero-order valence-electron chi connectivity index (χ0n) is 9.95. The zero-order valence-corrected chi connectivity index (χ0v) is 9.95. The standard InChI is InChI=1S/C13H21NO2/c1-2-13-11(7-9-16-13)12(14)6-5-10-4-3-8-15-10/h7,9-10,12H,2-6,8,14H2,1H3. The second-order valence-corrected chi connectivity index (χ2v) is 4.47. The van der Waals surface area contributed by atoms with E-state index >= 15 is 0 Å². The van der Waals surface area contributed by atoms with Crippen LogP contribution in [0.15, 0.2) is 16.7 Å². The number of nitrogens with two attached hydrogens (primary N) is 1. The molecule has 1 aliphatic heterocycles. The first-order valence-corrected chi connectivity index (χ1v) is 6.24. The highest BCUT2D eigenvalue weighted by atomic mass is 16.5. The van der Waals surface area contributed by atoms with E-state index in [0.29, 0.717) is 6.10 Å². The Labute approximate surface area is 97.0 Å². The molecule has 2 heterocycles. The molecule has 90 valence electrons. The van der Waals surface area contributed by atoms with Gasteiger partial charge in [0.15, 0.2) is 0 Å². The lowest BCUT2D eigenvalue weighted by Gasteiger charge is -2.14. The molecule has 2 rings (SSSR count). The Morgan fingerprint density at radius 3 is 3.12 bits per heavy atom. The van der Waals surface area contributed by atoms with Crippen molar-refractivity contribution in [1.82, 2.24) is 0 Å². The van der Waals surface area contributed by atoms with Crippen LogP contribution in [-0.2, 0) is 11.2 Å². The van der Waals surface area contributed by atoms with Gasteiger partial charge in [-0.05, 0) is 31.7 Å². The summed E-state index contributed by atoms with van der Waals surface area (Å²) in [6, 6.07) is 2.09. The van der Waals surface area contributed by atoms with Gasteiger partial charge in [0.25, 0.3) is 0 Å². The van der Waals surface area contributed by atoms with Gasteiger partial charge in [-0.15, -0.1) is 0 Å². The Hall–Kier alpha value is -0.800. The third-order valence-corrected chi connectivity index (χ3v) is 3.32. The molecule has 2 unspecified atom stereocenters. The summed E-state index contributed by atoms with van der Waals surface area (Å²) in [6.45, 7) is 3.01. The van der Waals surface area contributed by atoms with Crippen LogP contribution in [0.3, 0.4) is 0 Å². The van der Waals surface area contributed by atoms with E-state index in [4.69, 9.17) is 14.9 Å². The second-order valence-electron chi connectivity index (χ2n) is 4.47. The second kappa shape index (κ2) is 5.51. The summed E-state index contributed by atoms with van der Waals surface area (Å²) in [4.78, 5) is 0. The minimum atomic E-state index is 0.0953. The first kappa shape index (κ1) is 11.7. The number of hydrogen-bond donors (Lipinski definition) is 1. The van der Waals surface area contributed by atoms with E-state index in [-0.39, 0.29) is 6.04 Å². The minimum absolute atomic E-state index is 0.0953. The first-order valence-electron chi connectivity index (χ1n) is 6.24. The maximum atomic E-state index is 6.18. The lowest BCUT2D eigenvalue weighted by molar-refractivity contribution is 0.101. The van der Waals surface area contributed by atoms with Gasteiger partial charge in [-0.25, -0.2) is 0 Å². The lowest BCUT2D eigenvalue weighted by atomic mass is 10.00. The van der Waals surface area contributed by atoms with Gasteiger partial charge in [0.05, 0.1) is 12.4 Å². The van der Waals surface area contributed by atoms with Crippen molar-refractivity contribution in [2.24, 2.45) is 5.73 Å². The topological polar surface area (TPSA) is 48.4 Å². The quantitative estimate of drug-likeness (QED) is 0.835. The maximum Gasteiger partial charge on any atom is 0.108 e. The van der Waals surface area contributed by atoms with Crippen molar-refractivity contribution >= 4 is 0 Å². The summed E-state index contributed by atoms with van der Waals surface area (Å²) in [5.41, 5.74) is 7.35. The molecule has 3 heteroatoms. The van der Waals surface area contributed by atoms with Gasteiger partial charge in [0.1, 0.15) is 5.76 Å². The summed E-state index contributed by atoms with van der Waals surface area (Å²) in [7, 11) is 0. The molecule has 0 saturated carbocycles. The molecular weight excluding hydrogens is 202 g/mol. The Balaban J connectivity index is 1.84. The fourth-order valence-electron chi connectivity index (χ4n) is 2.36. The van der Waals surface area contributed by atoms with Gasteiger partial charge in [-0.3, -0.25) is 0 Å². The smallest absolute Gasteiger partial charge is 0.108 e. The van der Waals surface area contributed by atoms with Crippen molar-refractivity contribution in [3.63, 3.8) is 0 Å². The van der Waals surface area contributed by atoms with E-state index < -0.39 is 0 Å². The van der Waals surface area contributed by atoms with Gasteiger partial charge >= 0.3 is 0 Å². The average Bonchev–Trinajstić information content (AvgIpc) is 2.96. The summed E-state index contributed by atoms with van der Waals surface area (Å²) in [6.07, 6.45) is 7.52. The highest BCUT2D eigenvalue weighted by Crippen LogP contribution is 2.25. The van der Waals surface area contributed by atoms with E-state index in [1.807, 2.05) is 6.07 Å². The van der Waals surface area contributed by atoms with Crippen molar-refractivity contribution in [1.29, 1.82) is 0 Å². The van der Waals surface area contributed by atoms with E-state index in [0.717, 1.165) is 31.6 Å². The predicted octanol–water partition coefficient (Wildman–Crippen LogP) is 2.80. The zero-order chi connectivity index (χ0) is 11.4. The molecule has 0 bridgehead atoms. The van der Waals surface area contributed by atoms with Gasteiger partial charge in [-0.2, -0.15) is 0 Å². The Morgan fingerprint density at radius 2 is 2.44 bits per heavy atom. The van der Waals surface area contributed by atoms with Crippen molar-refractivity contribution in [3.05, 3.63) is 23.7 Å². The molecular formula is C13H21NO2. The number of hydrogen-bond acceptors (Lipinski definition) is 3. The highest BCUT2D eigenvalue weighted by Gasteiger charge is 2.18. The minimum Gasteiger partial charge on any atom is -0.469 e. The average molecular weight is 223 g/mol. The molecule has 1 aliphatic rings. The third-order valence-electron chi connectivity index (χ3n) is 3.32. The van der Waals surface area contributed by atoms with E-state index in [1.54, 1.807) is 6.26 Å². The third kappa shape index (κ3) is 2.66. The first-order chi connectivity index (χ1) is 7.81. The van der Waals surface area contributed by atoms with E-state index in [1.165, 1.54) is 18.4 Å². The Kier molecular flexibility index (Phi) is 4.02. The molecule has 1 saturated heterocycles. The van der Waals surface area contributed by atoms with Crippen LogP contribution in [0.5, 0.6) is 0 Å². The van der Waals surface area contributed by atoms with Crippen molar-refractivity contribution in [2.45, 2.75) is 51.2 Å². The molecule has 2 N–H and O–H groups in total. The summed E-state index contributed by atoms with van der Waals surface area (Å²) in [5.74, 6) is 1.03. The monoisotopic (exact) mass is 223 g/mol.